The summed E-state index contributed by atoms with van der Waals surface area (Å²) in [5.41, 5.74) is 1.61. The molecule has 0 saturated carbocycles. The maximum Gasteiger partial charge on any atom is 0.178 e. The van der Waals surface area contributed by atoms with Crippen molar-refractivity contribution in [3.05, 3.63) is 48.6 Å². The van der Waals surface area contributed by atoms with Crippen LogP contribution >= 0.6 is 0 Å². The van der Waals surface area contributed by atoms with Gasteiger partial charge in [0.05, 0.1) is 18.0 Å². The number of carbonyl (C=O) groups excluding carboxylic acids is 1. The first-order chi connectivity index (χ1) is 8.28. The fourth-order valence-corrected chi connectivity index (χ4v) is 1.45. The lowest BCUT2D eigenvalue weighted by Crippen LogP contribution is -1.98. The molecule has 0 radical (unpaired) electrons. The van der Waals surface area contributed by atoms with Crippen molar-refractivity contribution in [2.75, 3.05) is 6.61 Å². The average Bonchev–Trinajstić information content (AvgIpc) is 2.35. The molecule has 86 valence electrons. The first kappa shape index (κ1) is 11.3. The Balaban J connectivity index is 2.13. The molecule has 3 heteroatoms. The van der Waals surface area contributed by atoms with Gasteiger partial charge in [0.1, 0.15) is 5.75 Å². The zero-order valence-electron chi connectivity index (χ0n) is 9.59. The van der Waals surface area contributed by atoms with E-state index in [0.717, 1.165) is 17.1 Å². The van der Waals surface area contributed by atoms with E-state index >= 15 is 0 Å². The van der Waals surface area contributed by atoms with Gasteiger partial charge in [-0.05, 0) is 55.5 Å². The van der Waals surface area contributed by atoms with Crippen molar-refractivity contribution in [2.24, 2.45) is 4.99 Å². The summed E-state index contributed by atoms with van der Waals surface area (Å²) in [4.78, 5) is 15.3. The van der Waals surface area contributed by atoms with Gasteiger partial charge in [-0.25, -0.2) is 4.99 Å². The first-order valence-corrected chi connectivity index (χ1v) is 5.49. The van der Waals surface area contributed by atoms with Crippen LogP contribution in [-0.2, 0) is 4.79 Å². The van der Waals surface area contributed by atoms with Gasteiger partial charge < -0.3 is 4.74 Å². The van der Waals surface area contributed by atoms with E-state index in [2.05, 4.69) is 4.99 Å². The lowest BCUT2D eigenvalue weighted by Gasteiger charge is -2.03. The van der Waals surface area contributed by atoms with Gasteiger partial charge in [-0.15, -0.1) is 0 Å². The molecule has 0 atom stereocenters. The van der Waals surface area contributed by atoms with Crippen molar-refractivity contribution >= 4 is 17.2 Å². The van der Waals surface area contributed by atoms with E-state index in [4.69, 9.17) is 4.74 Å². The van der Waals surface area contributed by atoms with Crippen LogP contribution in [0.5, 0.6) is 5.75 Å². The zero-order chi connectivity index (χ0) is 12.1. The Labute approximate surface area is 100 Å². The van der Waals surface area contributed by atoms with Crippen LogP contribution in [0.1, 0.15) is 6.92 Å². The third kappa shape index (κ3) is 3.14. The Kier molecular flexibility index (Phi) is 3.50. The number of benzene rings is 1. The lowest BCUT2D eigenvalue weighted by atomic mass is 10.1. The van der Waals surface area contributed by atoms with E-state index in [-0.39, 0.29) is 5.78 Å². The predicted octanol–water partition coefficient (Wildman–Crippen LogP) is 2.85. The molecule has 0 bridgehead atoms. The molecule has 0 amide bonds. The van der Waals surface area contributed by atoms with E-state index in [1.165, 1.54) is 12.2 Å². The number of carbonyl (C=O) groups is 1. The molecule has 1 aromatic carbocycles. The molecular formula is C14H13NO2. The van der Waals surface area contributed by atoms with E-state index < -0.39 is 0 Å². The Morgan fingerprint density at radius 1 is 1.06 bits per heavy atom. The minimum absolute atomic E-state index is 0.00403. The van der Waals surface area contributed by atoms with Crippen LogP contribution in [0.4, 0.5) is 5.69 Å². The molecule has 0 spiro atoms. The van der Waals surface area contributed by atoms with Gasteiger partial charge in [0.15, 0.2) is 5.78 Å². The van der Waals surface area contributed by atoms with Crippen molar-refractivity contribution in [1.82, 2.24) is 0 Å². The second-order valence-electron chi connectivity index (χ2n) is 3.53. The van der Waals surface area contributed by atoms with Crippen LogP contribution in [0.15, 0.2) is 53.6 Å². The van der Waals surface area contributed by atoms with E-state index in [1.807, 2.05) is 31.2 Å². The maximum absolute atomic E-state index is 10.9. The SMILES string of the molecule is CCOc1ccc(N=C2C=CC(=O)C=C2)cc1. The van der Waals surface area contributed by atoms with Crippen molar-refractivity contribution in [1.29, 1.82) is 0 Å². The first-order valence-electron chi connectivity index (χ1n) is 5.49. The van der Waals surface area contributed by atoms with Gasteiger partial charge in [-0.3, -0.25) is 4.79 Å². The number of hydrogen-bond donors (Lipinski definition) is 0. The summed E-state index contributed by atoms with van der Waals surface area (Å²) >= 11 is 0. The largest absolute Gasteiger partial charge is 0.494 e. The van der Waals surface area contributed by atoms with Crippen molar-refractivity contribution < 1.29 is 9.53 Å². The topological polar surface area (TPSA) is 38.7 Å². The highest BCUT2D eigenvalue weighted by Crippen LogP contribution is 2.18. The fourth-order valence-electron chi connectivity index (χ4n) is 1.45. The minimum atomic E-state index is -0.00403. The summed E-state index contributed by atoms with van der Waals surface area (Å²) in [7, 11) is 0. The molecule has 0 aliphatic heterocycles. The summed E-state index contributed by atoms with van der Waals surface area (Å²) in [6.45, 7) is 2.60. The fraction of sp³-hybridized carbons (Fsp3) is 0.143. The number of ketones is 1. The minimum Gasteiger partial charge on any atom is -0.494 e. The van der Waals surface area contributed by atoms with Gasteiger partial charge in [0, 0.05) is 0 Å². The molecule has 0 aromatic heterocycles. The van der Waals surface area contributed by atoms with Gasteiger partial charge >= 0.3 is 0 Å². The number of ether oxygens (including phenoxy) is 1. The highest BCUT2D eigenvalue weighted by molar-refractivity contribution is 6.17. The molecule has 2 rings (SSSR count). The third-order valence-corrected chi connectivity index (χ3v) is 2.24. The summed E-state index contributed by atoms with van der Waals surface area (Å²) in [5.74, 6) is 0.831. The summed E-state index contributed by atoms with van der Waals surface area (Å²) in [6, 6.07) is 7.53. The van der Waals surface area contributed by atoms with Crippen molar-refractivity contribution in [3.63, 3.8) is 0 Å². The summed E-state index contributed by atoms with van der Waals surface area (Å²) in [5, 5.41) is 0. The van der Waals surface area contributed by atoms with Crippen LogP contribution in [0, 0.1) is 0 Å². The van der Waals surface area contributed by atoms with Gasteiger partial charge in [0.25, 0.3) is 0 Å². The molecule has 0 unspecified atom stereocenters. The van der Waals surface area contributed by atoms with Gasteiger partial charge in [-0.1, -0.05) is 0 Å². The molecular weight excluding hydrogens is 214 g/mol. The molecule has 17 heavy (non-hydrogen) atoms. The quantitative estimate of drug-likeness (QED) is 0.745. The Morgan fingerprint density at radius 3 is 2.29 bits per heavy atom. The third-order valence-electron chi connectivity index (χ3n) is 2.24. The van der Waals surface area contributed by atoms with Crippen molar-refractivity contribution in [3.8, 4) is 5.75 Å². The number of nitrogens with zero attached hydrogens (tertiary/aromatic N) is 1. The molecule has 0 fully saturated rings. The summed E-state index contributed by atoms with van der Waals surface area (Å²) in [6.07, 6.45) is 6.43. The molecule has 1 aliphatic carbocycles. The van der Waals surface area contributed by atoms with Crippen LogP contribution in [-0.4, -0.2) is 18.1 Å². The van der Waals surface area contributed by atoms with E-state index in [1.54, 1.807) is 12.2 Å². The van der Waals surface area contributed by atoms with Crippen LogP contribution in [0.2, 0.25) is 0 Å². The van der Waals surface area contributed by atoms with Gasteiger partial charge in [-0.2, -0.15) is 0 Å². The molecule has 0 N–H and O–H groups in total. The highest BCUT2D eigenvalue weighted by atomic mass is 16.5. The second kappa shape index (κ2) is 5.25. The van der Waals surface area contributed by atoms with E-state index in [0.29, 0.717) is 6.61 Å². The normalized spacial score (nSPS) is 13.9. The average molecular weight is 227 g/mol. The second-order valence-corrected chi connectivity index (χ2v) is 3.53. The number of rotatable bonds is 3. The Morgan fingerprint density at radius 2 is 1.71 bits per heavy atom. The highest BCUT2D eigenvalue weighted by Gasteiger charge is 2.00. The van der Waals surface area contributed by atoms with Crippen molar-refractivity contribution in [2.45, 2.75) is 6.92 Å². The molecule has 1 aromatic rings. The smallest absolute Gasteiger partial charge is 0.178 e. The molecule has 0 heterocycles. The standard InChI is InChI=1S/C14H13NO2/c1-2-17-14-9-5-12(6-10-14)15-11-3-7-13(16)8-4-11/h3-10H,2H2,1H3. The molecule has 1 aliphatic rings. The Bertz CT molecular complexity index is 477. The van der Waals surface area contributed by atoms with Crippen LogP contribution in [0.3, 0.4) is 0 Å². The number of allylic oxidation sites excluding steroid dienone is 4. The molecule has 0 saturated heterocycles. The molecule has 3 nitrogen and oxygen atoms in total. The van der Waals surface area contributed by atoms with Crippen LogP contribution in [0.25, 0.3) is 0 Å². The predicted molar refractivity (Wildman–Crippen MR) is 68.0 cm³/mol. The van der Waals surface area contributed by atoms with Gasteiger partial charge in [0.2, 0.25) is 0 Å². The lowest BCUT2D eigenvalue weighted by molar-refractivity contribution is -0.110. The number of aliphatic imine (C=N–C) groups is 1. The maximum atomic E-state index is 10.9. The zero-order valence-corrected chi connectivity index (χ0v) is 9.59. The van der Waals surface area contributed by atoms with Crippen LogP contribution < -0.4 is 4.74 Å². The summed E-state index contributed by atoms with van der Waals surface area (Å²) < 4.78 is 5.34. The van der Waals surface area contributed by atoms with E-state index in [9.17, 15) is 4.79 Å². The number of hydrogen-bond acceptors (Lipinski definition) is 3. The Hall–Kier alpha value is -2.16. The monoisotopic (exact) mass is 227 g/mol.